The van der Waals surface area contributed by atoms with Crippen LogP contribution in [0.5, 0.6) is 0 Å². The number of primary amides is 1. The summed E-state index contributed by atoms with van der Waals surface area (Å²) < 4.78 is 0.753. The molecule has 0 radical (unpaired) electrons. The molecule has 2 amide bonds. The second-order valence-corrected chi connectivity index (χ2v) is 5.16. The first-order valence-electron chi connectivity index (χ1n) is 6.52. The Bertz CT molecular complexity index is 876. The van der Waals surface area contributed by atoms with Gasteiger partial charge in [-0.25, -0.2) is 0 Å². The molecule has 0 aliphatic rings. The minimum atomic E-state index is -1.12. The highest BCUT2D eigenvalue weighted by atomic mass is 35.5. The summed E-state index contributed by atoms with van der Waals surface area (Å²) in [5, 5.41) is 13.9. The summed E-state index contributed by atoms with van der Waals surface area (Å²) in [6.07, 6.45) is 0.871. The molecular weight excluding hydrogens is 340 g/mol. The molecule has 24 heavy (non-hydrogen) atoms. The molecule has 0 aliphatic carbocycles. The van der Waals surface area contributed by atoms with E-state index in [2.05, 4.69) is 5.32 Å². The van der Waals surface area contributed by atoms with Crippen molar-refractivity contribution in [1.82, 2.24) is 4.57 Å². The maximum atomic E-state index is 12.1. The van der Waals surface area contributed by atoms with Crippen molar-refractivity contribution in [1.29, 1.82) is 0 Å². The van der Waals surface area contributed by atoms with Crippen molar-refractivity contribution in [2.45, 2.75) is 6.54 Å². The molecule has 0 saturated heterocycles. The van der Waals surface area contributed by atoms with Crippen LogP contribution in [0.2, 0.25) is 5.02 Å². The van der Waals surface area contributed by atoms with Gasteiger partial charge in [0.1, 0.15) is 12.1 Å². The van der Waals surface area contributed by atoms with Crippen LogP contribution in [0.4, 0.5) is 11.4 Å². The number of hydrogen-bond acceptors (Lipinski definition) is 5. The second-order valence-electron chi connectivity index (χ2n) is 4.72. The number of pyridine rings is 1. The molecule has 3 N–H and O–H groups in total. The fourth-order valence-corrected chi connectivity index (χ4v) is 2.03. The summed E-state index contributed by atoms with van der Waals surface area (Å²) in [6.45, 7) is -0.524. The van der Waals surface area contributed by atoms with Gasteiger partial charge < -0.3 is 11.1 Å². The number of rotatable bonds is 5. The van der Waals surface area contributed by atoms with Crippen LogP contribution >= 0.6 is 11.6 Å². The highest BCUT2D eigenvalue weighted by Gasteiger charge is 2.18. The number of benzene rings is 1. The van der Waals surface area contributed by atoms with E-state index in [0.29, 0.717) is 10.7 Å². The van der Waals surface area contributed by atoms with Crippen LogP contribution in [0, 0.1) is 10.1 Å². The summed E-state index contributed by atoms with van der Waals surface area (Å²) in [5.74, 6) is -1.73. The lowest BCUT2D eigenvalue weighted by atomic mass is 10.2. The van der Waals surface area contributed by atoms with Gasteiger partial charge in [0.15, 0.2) is 0 Å². The number of hydrogen-bond donors (Lipinski definition) is 2. The number of nitrogens with two attached hydrogens (primary N) is 1. The van der Waals surface area contributed by atoms with E-state index in [-0.39, 0.29) is 0 Å². The number of halogens is 1. The van der Waals surface area contributed by atoms with Crippen molar-refractivity contribution in [2.75, 3.05) is 5.32 Å². The van der Waals surface area contributed by atoms with Gasteiger partial charge in [0.25, 0.3) is 17.2 Å². The number of nitrogens with zero attached hydrogens (tertiary/aromatic N) is 2. The average molecular weight is 351 g/mol. The zero-order valence-corrected chi connectivity index (χ0v) is 12.8. The molecule has 9 nitrogen and oxygen atoms in total. The van der Waals surface area contributed by atoms with Crippen molar-refractivity contribution in [3.05, 3.63) is 67.6 Å². The van der Waals surface area contributed by atoms with Crippen molar-refractivity contribution in [2.24, 2.45) is 5.73 Å². The molecule has 0 fully saturated rings. The first-order valence-corrected chi connectivity index (χ1v) is 6.90. The van der Waals surface area contributed by atoms with Crippen LogP contribution in [-0.2, 0) is 11.3 Å². The molecule has 2 rings (SSSR count). The number of anilines is 1. The Balaban J connectivity index is 2.29. The van der Waals surface area contributed by atoms with E-state index in [0.717, 1.165) is 16.8 Å². The molecule has 0 atom stereocenters. The second kappa shape index (κ2) is 6.92. The van der Waals surface area contributed by atoms with Crippen LogP contribution in [0.3, 0.4) is 0 Å². The first-order chi connectivity index (χ1) is 11.3. The Morgan fingerprint density at radius 1 is 1.29 bits per heavy atom. The van der Waals surface area contributed by atoms with Crippen LogP contribution in [0.15, 0.2) is 41.3 Å². The lowest BCUT2D eigenvalue weighted by Crippen LogP contribution is -2.33. The smallest absolute Gasteiger partial charge is 0.286 e. The van der Waals surface area contributed by atoms with Gasteiger partial charge in [-0.05, 0) is 24.3 Å². The van der Waals surface area contributed by atoms with Gasteiger partial charge in [-0.2, -0.15) is 0 Å². The molecule has 124 valence electrons. The van der Waals surface area contributed by atoms with E-state index in [1.165, 1.54) is 0 Å². The Hall–Kier alpha value is -3.20. The molecule has 1 aromatic heterocycles. The third-order valence-corrected chi connectivity index (χ3v) is 3.24. The molecule has 1 aromatic carbocycles. The number of amides is 2. The van der Waals surface area contributed by atoms with E-state index >= 15 is 0 Å². The number of carbonyl (C=O) groups is 2. The first kappa shape index (κ1) is 17.2. The number of aromatic nitrogens is 1. The standard InChI is InChI=1S/C14H11ClN4O5/c15-8-1-3-9(4-2-8)17-12(20)7-18-6-10(19(23)24)5-11(13(16)21)14(18)22/h1-6H,7H2,(H2,16,21)(H,17,20). The molecular formula is C14H11ClN4O5. The van der Waals surface area contributed by atoms with Crippen molar-refractivity contribution in [3.63, 3.8) is 0 Å². The minimum Gasteiger partial charge on any atom is -0.365 e. The van der Waals surface area contributed by atoms with Crippen LogP contribution in [0.1, 0.15) is 10.4 Å². The summed E-state index contributed by atoms with van der Waals surface area (Å²) in [4.78, 5) is 45.4. The van der Waals surface area contributed by atoms with E-state index in [4.69, 9.17) is 17.3 Å². The summed E-state index contributed by atoms with van der Waals surface area (Å²) in [6, 6.07) is 6.98. The average Bonchev–Trinajstić information content (AvgIpc) is 2.51. The molecule has 0 aliphatic heterocycles. The largest absolute Gasteiger partial charge is 0.365 e. The van der Waals surface area contributed by atoms with E-state index in [1.807, 2.05) is 0 Å². The van der Waals surface area contributed by atoms with E-state index in [1.54, 1.807) is 24.3 Å². The fourth-order valence-electron chi connectivity index (χ4n) is 1.90. The summed E-state index contributed by atoms with van der Waals surface area (Å²) in [7, 11) is 0. The zero-order chi connectivity index (χ0) is 17.9. The van der Waals surface area contributed by atoms with Crippen molar-refractivity contribution < 1.29 is 14.5 Å². The topological polar surface area (TPSA) is 137 Å². The molecule has 0 bridgehead atoms. The quantitative estimate of drug-likeness (QED) is 0.615. The Morgan fingerprint density at radius 2 is 1.92 bits per heavy atom. The van der Waals surface area contributed by atoms with Gasteiger partial charge >= 0.3 is 0 Å². The number of carbonyl (C=O) groups excluding carboxylic acids is 2. The number of nitro groups is 1. The molecule has 1 heterocycles. The predicted molar refractivity (Wildman–Crippen MR) is 86.0 cm³/mol. The lowest BCUT2D eigenvalue weighted by Gasteiger charge is -2.08. The molecule has 0 spiro atoms. The van der Waals surface area contributed by atoms with Gasteiger partial charge in [0.2, 0.25) is 5.91 Å². The minimum absolute atomic E-state index is 0.429. The zero-order valence-electron chi connectivity index (χ0n) is 12.1. The maximum absolute atomic E-state index is 12.1. The van der Waals surface area contributed by atoms with Crippen LogP contribution in [0.25, 0.3) is 0 Å². The highest BCUT2D eigenvalue weighted by molar-refractivity contribution is 6.30. The monoisotopic (exact) mass is 350 g/mol. The van der Waals surface area contributed by atoms with Crippen molar-refractivity contribution >= 4 is 34.8 Å². The fraction of sp³-hybridized carbons (Fsp3) is 0.0714. The molecule has 0 unspecified atom stereocenters. The van der Waals surface area contributed by atoms with Crippen LogP contribution < -0.4 is 16.6 Å². The Kier molecular flexibility index (Phi) is 4.95. The van der Waals surface area contributed by atoms with Gasteiger partial charge in [-0.1, -0.05) is 11.6 Å². The van der Waals surface area contributed by atoms with E-state index < -0.39 is 40.1 Å². The predicted octanol–water partition coefficient (Wildman–Crippen LogP) is 1.15. The Morgan fingerprint density at radius 3 is 2.46 bits per heavy atom. The number of nitrogens with one attached hydrogen (secondary N) is 1. The molecule has 2 aromatic rings. The van der Waals surface area contributed by atoms with Gasteiger partial charge in [0.05, 0.1) is 11.1 Å². The molecule has 0 saturated carbocycles. The lowest BCUT2D eigenvalue weighted by molar-refractivity contribution is -0.385. The SMILES string of the molecule is NC(=O)c1cc([N+](=O)[O-])cn(CC(=O)Nc2ccc(Cl)cc2)c1=O. The van der Waals surface area contributed by atoms with Crippen molar-refractivity contribution in [3.8, 4) is 0 Å². The van der Waals surface area contributed by atoms with E-state index in [9.17, 15) is 24.5 Å². The molecule has 10 heteroatoms. The Labute approximate surface area is 139 Å². The third kappa shape index (κ3) is 3.96. The van der Waals surface area contributed by atoms with Gasteiger partial charge in [-0.15, -0.1) is 0 Å². The van der Waals surface area contributed by atoms with Gasteiger partial charge in [-0.3, -0.25) is 29.1 Å². The van der Waals surface area contributed by atoms with Crippen LogP contribution in [-0.4, -0.2) is 21.3 Å². The maximum Gasteiger partial charge on any atom is 0.286 e. The summed E-state index contributed by atoms with van der Waals surface area (Å²) in [5.41, 5.74) is 3.48. The third-order valence-electron chi connectivity index (χ3n) is 2.99. The summed E-state index contributed by atoms with van der Waals surface area (Å²) >= 11 is 5.73. The normalized spacial score (nSPS) is 10.2. The highest BCUT2D eigenvalue weighted by Crippen LogP contribution is 2.14. The van der Waals surface area contributed by atoms with Gasteiger partial charge in [0, 0.05) is 16.8 Å².